The molecule has 1 saturated carbocycles. The highest BCUT2D eigenvalue weighted by atomic mass is 16.3. The quantitative estimate of drug-likeness (QED) is 0.943. The monoisotopic (exact) mass is 323 g/mol. The molecule has 2 aromatic rings. The van der Waals surface area contributed by atoms with Crippen LogP contribution < -0.4 is 0 Å². The molecule has 5 heteroatoms. The summed E-state index contributed by atoms with van der Waals surface area (Å²) >= 11 is 0. The number of phenolic OH excluding ortho intramolecular Hbond substituents is 1. The molecule has 0 atom stereocenters. The third-order valence-electron chi connectivity index (χ3n) is 4.80. The van der Waals surface area contributed by atoms with Gasteiger partial charge in [0.2, 0.25) is 5.91 Å². The molecule has 1 aliphatic heterocycles. The van der Waals surface area contributed by atoms with Gasteiger partial charge >= 0.3 is 0 Å². The van der Waals surface area contributed by atoms with Crippen molar-refractivity contribution in [2.45, 2.75) is 39.2 Å². The molecule has 0 spiro atoms. The van der Waals surface area contributed by atoms with Gasteiger partial charge in [0.25, 0.3) is 0 Å². The molecule has 1 aromatic carbocycles. The van der Waals surface area contributed by atoms with Crippen molar-refractivity contribution in [3.05, 3.63) is 41.3 Å². The van der Waals surface area contributed by atoms with Crippen LogP contribution in [0.1, 0.15) is 36.8 Å². The Morgan fingerprint density at radius 2 is 2.00 bits per heavy atom. The number of benzene rings is 1. The Balaban J connectivity index is 1.75. The third kappa shape index (κ3) is 2.75. The molecule has 0 unspecified atom stereocenters. The maximum Gasteiger partial charge on any atom is 0.225 e. The second-order valence-electron chi connectivity index (χ2n) is 6.60. The van der Waals surface area contributed by atoms with E-state index in [0.717, 1.165) is 60.6 Å². The molecule has 1 N–H and O–H groups in total. The van der Waals surface area contributed by atoms with Crippen LogP contribution in [0, 0.1) is 5.92 Å². The molecule has 124 valence electrons. The number of phenols is 1. The largest absolute Gasteiger partial charge is 0.508 e. The lowest BCUT2D eigenvalue weighted by molar-refractivity contribution is -0.133. The summed E-state index contributed by atoms with van der Waals surface area (Å²) in [6.45, 7) is 3.39. The van der Waals surface area contributed by atoms with Gasteiger partial charge in [0, 0.05) is 43.0 Å². The van der Waals surface area contributed by atoms with Gasteiger partial charge in [-0.2, -0.15) is 0 Å². The Labute approximate surface area is 141 Å². The van der Waals surface area contributed by atoms with Crippen molar-refractivity contribution in [2.24, 2.45) is 5.92 Å². The fourth-order valence-corrected chi connectivity index (χ4v) is 3.26. The van der Waals surface area contributed by atoms with Crippen molar-refractivity contribution in [3.8, 4) is 17.0 Å². The lowest BCUT2D eigenvalue weighted by Crippen LogP contribution is -2.37. The van der Waals surface area contributed by atoms with Gasteiger partial charge in [0.05, 0.1) is 11.4 Å². The number of amides is 1. The first kappa shape index (κ1) is 15.1. The van der Waals surface area contributed by atoms with Crippen LogP contribution in [0.3, 0.4) is 0 Å². The highest BCUT2D eigenvalue weighted by Crippen LogP contribution is 2.34. The summed E-state index contributed by atoms with van der Waals surface area (Å²) in [6.07, 6.45) is 3.62. The maximum atomic E-state index is 12.4. The van der Waals surface area contributed by atoms with Crippen LogP contribution in [0.4, 0.5) is 0 Å². The van der Waals surface area contributed by atoms with E-state index in [1.54, 1.807) is 12.1 Å². The summed E-state index contributed by atoms with van der Waals surface area (Å²) in [5.41, 5.74) is 3.97. The van der Waals surface area contributed by atoms with Crippen molar-refractivity contribution in [1.82, 2.24) is 14.9 Å². The summed E-state index contributed by atoms with van der Waals surface area (Å²) in [6, 6.07) is 7.09. The van der Waals surface area contributed by atoms with Gasteiger partial charge in [-0.15, -0.1) is 0 Å². The number of aromatic hydroxyl groups is 1. The molecular weight excluding hydrogens is 302 g/mol. The van der Waals surface area contributed by atoms with E-state index in [4.69, 9.17) is 9.97 Å². The smallest absolute Gasteiger partial charge is 0.225 e. The second-order valence-corrected chi connectivity index (χ2v) is 6.60. The van der Waals surface area contributed by atoms with Crippen molar-refractivity contribution in [3.63, 3.8) is 0 Å². The molecule has 2 heterocycles. The zero-order valence-corrected chi connectivity index (χ0v) is 13.8. The van der Waals surface area contributed by atoms with E-state index in [2.05, 4.69) is 0 Å². The number of carbonyl (C=O) groups excluding carboxylic acids is 1. The zero-order chi connectivity index (χ0) is 16.7. The van der Waals surface area contributed by atoms with Crippen LogP contribution in [0.25, 0.3) is 11.3 Å². The lowest BCUT2D eigenvalue weighted by atomic mass is 9.98. The van der Waals surface area contributed by atoms with E-state index in [9.17, 15) is 9.90 Å². The number of nitrogens with zero attached hydrogens (tertiary/aromatic N) is 3. The van der Waals surface area contributed by atoms with Gasteiger partial charge < -0.3 is 10.0 Å². The highest BCUT2D eigenvalue weighted by molar-refractivity contribution is 5.81. The minimum Gasteiger partial charge on any atom is -0.508 e. The number of aromatic nitrogens is 2. The number of fused-ring (bicyclic) bond motifs is 1. The van der Waals surface area contributed by atoms with Crippen molar-refractivity contribution < 1.29 is 9.90 Å². The third-order valence-corrected chi connectivity index (χ3v) is 4.80. The van der Waals surface area contributed by atoms with E-state index in [1.165, 1.54) is 0 Å². The van der Waals surface area contributed by atoms with Crippen molar-refractivity contribution in [1.29, 1.82) is 0 Å². The summed E-state index contributed by atoms with van der Waals surface area (Å²) in [5, 5.41) is 9.54. The van der Waals surface area contributed by atoms with E-state index >= 15 is 0 Å². The molecule has 0 saturated heterocycles. The number of hydrogen-bond acceptors (Lipinski definition) is 4. The number of rotatable bonds is 3. The van der Waals surface area contributed by atoms with Gasteiger partial charge in [0.15, 0.2) is 0 Å². The Kier molecular flexibility index (Phi) is 3.71. The highest BCUT2D eigenvalue weighted by Gasteiger charge is 2.35. The molecule has 4 rings (SSSR count). The van der Waals surface area contributed by atoms with Crippen LogP contribution in [-0.2, 0) is 24.2 Å². The molecule has 1 fully saturated rings. The van der Waals surface area contributed by atoms with E-state index in [1.807, 2.05) is 24.0 Å². The van der Waals surface area contributed by atoms with Crippen LogP contribution >= 0.6 is 0 Å². The first-order valence-corrected chi connectivity index (χ1v) is 8.62. The van der Waals surface area contributed by atoms with Gasteiger partial charge in [-0.05, 0) is 37.1 Å². The van der Waals surface area contributed by atoms with Gasteiger partial charge in [-0.3, -0.25) is 4.79 Å². The Morgan fingerprint density at radius 3 is 2.67 bits per heavy atom. The fourth-order valence-electron chi connectivity index (χ4n) is 3.26. The average Bonchev–Trinajstić information content (AvgIpc) is 3.45. The second kappa shape index (κ2) is 5.89. The SMILES string of the molecule is CCc1nc2c(c(-c3ccc(O)cc3)n1)CN(C(=O)C1CC1)CC2. The molecule has 5 nitrogen and oxygen atoms in total. The molecule has 2 aliphatic rings. The minimum absolute atomic E-state index is 0.236. The summed E-state index contributed by atoms with van der Waals surface area (Å²) in [4.78, 5) is 23.8. The standard InChI is InChI=1S/C19H21N3O2/c1-2-17-20-16-9-10-22(19(24)13-3-4-13)11-15(16)18(21-17)12-5-7-14(23)8-6-12/h5-8,13,23H,2-4,9-11H2,1H3. The lowest BCUT2D eigenvalue weighted by Gasteiger charge is -2.30. The maximum absolute atomic E-state index is 12.4. The molecule has 1 aliphatic carbocycles. The zero-order valence-electron chi connectivity index (χ0n) is 13.8. The summed E-state index contributed by atoms with van der Waals surface area (Å²) in [5.74, 6) is 1.58. The molecule has 1 amide bonds. The molecular formula is C19H21N3O2. The number of hydrogen-bond donors (Lipinski definition) is 1. The van der Waals surface area contributed by atoms with Crippen LogP contribution in [0.2, 0.25) is 0 Å². The van der Waals surface area contributed by atoms with Crippen molar-refractivity contribution >= 4 is 5.91 Å². The van der Waals surface area contributed by atoms with Gasteiger partial charge in [-0.1, -0.05) is 6.92 Å². The average molecular weight is 323 g/mol. The predicted octanol–water partition coefficient (Wildman–Crippen LogP) is 2.71. The van der Waals surface area contributed by atoms with E-state index in [0.29, 0.717) is 6.54 Å². The molecule has 0 radical (unpaired) electrons. The first-order chi connectivity index (χ1) is 11.7. The Morgan fingerprint density at radius 1 is 1.25 bits per heavy atom. The van der Waals surface area contributed by atoms with Crippen LogP contribution in [0.5, 0.6) is 5.75 Å². The number of aryl methyl sites for hydroxylation is 1. The molecule has 0 bridgehead atoms. The van der Waals surface area contributed by atoms with Crippen LogP contribution in [0.15, 0.2) is 24.3 Å². The number of carbonyl (C=O) groups is 1. The summed E-state index contributed by atoms with van der Waals surface area (Å²) < 4.78 is 0. The van der Waals surface area contributed by atoms with Crippen molar-refractivity contribution in [2.75, 3.05) is 6.54 Å². The summed E-state index contributed by atoms with van der Waals surface area (Å²) in [7, 11) is 0. The predicted molar refractivity (Wildman–Crippen MR) is 90.4 cm³/mol. The fraction of sp³-hybridized carbons (Fsp3) is 0.421. The van der Waals surface area contributed by atoms with Gasteiger partial charge in [0.1, 0.15) is 11.6 Å². The minimum atomic E-state index is 0.236. The van der Waals surface area contributed by atoms with E-state index in [-0.39, 0.29) is 17.6 Å². The van der Waals surface area contributed by atoms with Gasteiger partial charge in [-0.25, -0.2) is 9.97 Å². The molecule has 24 heavy (non-hydrogen) atoms. The topological polar surface area (TPSA) is 66.3 Å². The molecule has 1 aromatic heterocycles. The Hall–Kier alpha value is -2.43. The normalized spacial score (nSPS) is 16.8. The van der Waals surface area contributed by atoms with Crippen LogP contribution in [-0.4, -0.2) is 32.4 Å². The first-order valence-electron chi connectivity index (χ1n) is 8.62. The Bertz CT molecular complexity index is 782. The van der Waals surface area contributed by atoms with E-state index < -0.39 is 0 Å².